The van der Waals surface area contributed by atoms with Gasteiger partial charge in [0.2, 0.25) is 0 Å². The van der Waals surface area contributed by atoms with Crippen molar-refractivity contribution in [3.8, 4) is 0 Å². The molecule has 0 unspecified atom stereocenters. The van der Waals surface area contributed by atoms with Gasteiger partial charge in [-0.25, -0.2) is 14.4 Å². The topological polar surface area (TPSA) is 29.0 Å². The molecule has 19 heavy (non-hydrogen) atoms. The standard InChI is InChI=1S/C14H12FN3S/c1-18(8-10-2-4-11(15)5-3-10)14-13-12(6-7-19-13)16-9-17-14/h2-7,9H,8H2,1H3. The van der Waals surface area contributed by atoms with Crippen LogP contribution in [0.2, 0.25) is 0 Å². The van der Waals surface area contributed by atoms with Gasteiger partial charge in [-0.1, -0.05) is 12.1 Å². The van der Waals surface area contributed by atoms with Crippen LogP contribution in [0.5, 0.6) is 0 Å². The molecular weight excluding hydrogens is 261 g/mol. The van der Waals surface area contributed by atoms with Gasteiger partial charge in [0.25, 0.3) is 0 Å². The lowest BCUT2D eigenvalue weighted by Gasteiger charge is -2.18. The van der Waals surface area contributed by atoms with E-state index in [2.05, 4.69) is 9.97 Å². The number of anilines is 1. The summed E-state index contributed by atoms with van der Waals surface area (Å²) < 4.78 is 14.0. The van der Waals surface area contributed by atoms with E-state index < -0.39 is 0 Å². The van der Waals surface area contributed by atoms with E-state index in [-0.39, 0.29) is 5.82 Å². The van der Waals surface area contributed by atoms with Crippen molar-refractivity contribution in [1.29, 1.82) is 0 Å². The molecule has 0 radical (unpaired) electrons. The normalized spacial score (nSPS) is 10.8. The number of thiophene rings is 1. The fourth-order valence-corrected chi connectivity index (χ4v) is 2.87. The quantitative estimate of drug-likeness (QED) is 0.731. The summed E-state index contributed by atoms with van der Waals surface area (Å²) in [6.45, 7) is 0.685. The summed E-state index contributed by atoms with van der Waals surface area (Å²) in [5.41, 5.74) is 2.01. The maximum Gasteiger partial charge on any atom is 0.150 e. The summed E-state index contributed by atoms with van der Waals surface area (Å²) in [7, 11) is 1.98. The largest absolute Gasteiger partial charge is 0.354 e. The van der Waals surface area contributed by atoms with Gasteiger partial charge in [-0.3, -0.25) is 0 Å². The Morgan fingerprint density at radius 1 is 1.16 bits per heavy atom. The van der Waals surface area contributed by atoms with Crippen molar-refractivity contribution < 1.29 is 4.39 Å². The van der Waals surface area contributed by atoms with Crippen LogP contribution in [0.15, 0.2) is 42.0 Å². The predicted molar refractivity (Wildman–Crippen MR) is 75.9 cm³/mol. The number of aromatic nitrogens is 2. The Morgan fingerprint density at radius 2 is 1.95 bits per heavy atom. The molecule has 0 N–H and O–H groups in total. The molecule has 3 rings (SSSR count). The van der Waals surface area contributed by atoms with Gasteiger partial charge in [-0.05, 0) is 29.1 Å². The second-order valence-electron chi connectivity index (χ2n) is 4.31. The highest BCUT2D eigenvalue weighted by molar-refractivity contribution is 7.17. The monoisotopic (exact) mass is 273 g/mol. The van der Waals surface area contributed by atoms with Crippen LogP contribution in [-0.2, 0) is 6.54 Å². The van der Waals surface area contributed by atoms with Gasteiger partial charge in [0.05, 0.1) is 10.2 Å². The van der Waals surface area contributed by atoms with Crippen molar-refractivity contribution in [2.75, 3.05) is 11.9 Å². The van der Waals surface area contributed by atoms with Crippen molar-refractivity contribution in [3.05, 3.63) is 53.4 Å². The fraction of sp³-hybridized carbons (Fsp3) is 0.143. The van der Waals surface area contributed by atoms with Gasteiger partial charge in [0.15, 0.2) is 0 Å². The van der Waals surface area contributed by atoms with E-state index >= 15 is 0 Å². The van der Waals surface area contributed by atoms with Crippen LogP contribution in [0.3, 0.4) is 0 Å². The van der Waals surface area contributed by atoms with Crippen molar-refractivity contribution in [3.63, 3.8) is 0 Å². The number of rotatable bonds is 3. The lowest BCUT2D eigenvalue weighted by molar-refractivity contribution is 0.627. The second-order valence-corrected chi connectivity index (χ2v) is 5.23. The molecule has 0 aliphatic carbocycles. The first-order valence-corrected chi connectivity index (χ1v) is 6.76. The molecule has 0 amide bonds. The average molecular weight is 273 g/mol. The lowest BCUT2D eigenvalue weighted by Crippen LogP contribution is -2.17. The third-order valence-corrected chi connectivity index (χ3v) is 3.82. The smallest absolute Gasteiger partial charge is 0.150 e. The number of benzene rings is 1. The molecule has 0 bridgehead atoms. The molecule has 0 fully saturated rings. The molecule has 0 saturated heterocycles. The summed E-state index contributed by atoms with van der Waals surface area (Å²) in [6, 6.07) is 8.52. The number of halogens is 1. The molecule has 0 saturated carbocycles. The molecule has 0 aliphatic rings. The Kier molecular flexibility index (Phi) is 3.13. The summed E-state index contributed by atoms with van der Waals surface area (Å²) in [6.07, 6.45) is 1.57. The summed E-state index contributed by atoms with van der Waals surface area (Å²) in [5.74, 6) is 0.693. The molecule has 0 spiro atoms. The van der Waals surface area contributed by atoms with Crippen LogP contribution in [0.25, 0.3) is 10.2 Å². The maximum atomic E-state index is 12.9. The fourth-order valence-electron chi connectivity index (χ4n) is 1.99. The summed E-state index contributed by atoms with van der Waals surface area (Å²) in [4.78, 5) is 10.6. The minimum Gasteiger partial charge on any atom is -0.354 e. The van der Waals surface area contributed by atoms with Gasteiger partial charge >= 0.3 is 0 Å². The molecule has 3 aromatic rings. The number of fused-ring (bicyclic) bond motifs is 1. The van der Waals surface area contributed by atoms with Crippen molar-refractivity contribution >= 4 is 27.4 Å². The molecule has 5 heteroatoms. The molecule has 1 aromatic carbocycles. The Labute approximate surface area is 114 Å². The first-order chi connectivity index (χ1) is 9.24. The van der Waals surface area contributed by atoms with Crippen molar-refractivity contribution in [2.45, 2.75) is 6.54 Å². The third-order valence-electron chi connectivity index (χ3n) is 2.92. The van der Waals surface area contributed by atoms with E-state index in [0.29, 0.717) is 6.54 Å². The average Bonchev–Trinajstić information content (AvgIpc) is 2.89. The van der Waals surface area contributed by atoms with Crippen molar-refractivity contribution in [2.24, 2.45) is 0 Å². The van der Waals surface area contributed by atoms with Crippen LogP contribution in [0.4, 0.5) is 10.2 Å². The van der Waals surface area contributed by atoms with Gasteiger partial charge < -0.3 is 4.90 Å². The van der Waals surface area contributed by atoms with Crippen LogP contribution in [0.1, 0.15) is 5.56 Å². The highest BCUT2D eigenvalue weighted by Crippen LogP contribution is 2.27. The van der Waals surface area contributed by atoms with Gasteiger partial charge in [-0.2, -0.15) is 0 Å². The first kappa shape index (κ1) is 12.0. The zero-order chi connectivity index (χ0) is 13.2. The first-order valence-electron chi connectivity index (χ1n) is 5.88. The highest BCUT2D eigenvalue weighted by atomic mass is 32.1. The molecule has 3 nitrogen and oxygen atoms in total. The Balaban J connectivity index is 1.89. The molecule has 0 atom stereocenters. The van der Waals surface area contributed by atoms with Crippen LogP contribution in [0, 0.1) is 5.82 Å². The minimum atomic E-state index is -0.214. The van der Waals surface area contributed by atoms with Crippen molar-refractivity contribution in [1.82, 2.24) is 9.97 Å². The Bertz CT molecular complexity index is 693. The van der Waals surface area contributed by atoms with Crippen LogP contribution >= 0.6 is 11.3 Å². The number of hydrogen-bond acceptors (Lipinski definition) is 4. The van der Waals surface area contributed by atoms with E-state index in [1.54, 1.807) is 29.8 Å². The zero-order valence-electron chi connectivity index (χ0n) is 10.4. The highest BCUT2D eigenvalue weighted by Gasteiger charge is 2.10. The van der Waals surface area contributed by atoms with Crippen LogP contribution in [-0.4, -0.2) is 17.0 Å². The predicted octanol–water partition coefficient (Wildman–Crippen LogP) is 3.47. The van der Waals surface area contributed by atoms with E-state index in [4.69, 9.17) is 0 Å². The molecule has 96 valence electrons. The summed E-state index contributed by atoms with van der Waals surface area (Å²) in [5, 5.41) is 2.01. The third kappa shape index (κ3) is 2.42. The Hall–Kier alpha value is -2.01. The zero-order valence-corrected chi connectivity index (χ0v) is 11.2. The molecule has 2 aromatic heterocycles. The van der Waals surface area contributed by atoms with E-state index in [1.807, 2.05) is 23.4 Å². The van der Waals surface area contributed by atoms with Gasteiger partial charge in [-0.15, -0.1) is 11.3 Å². The van der Waals surface area contributed by atoms with E-state index in [0.717, 1.165) is 21.6 Å². The molecular formula is C14H12FN3S. The summed E-state index contributed by atoms with van der Waals surface area (Å²) >= 11 is 1.63. The van der Waals surface area contributed by atoms with Gasteiger partial charge in [0, 0.05) is 13.6 Å². The maximum absolute atomic E-state index is 12.9. The Morgan fingerprint density at radius 3 is 2.74 bits per heavy atom. The SMILES string of the molecule is CN(Cc1ccc(F)cc1)c1ncnc2ccsc12. The molecule has 2 heterocycles. The lowest BCUT2D eigenvalue weighted by atomic mass is 10.2. The van der Waals surface area contributed by atoms with E-state index in [1.165, 1.54) is 12.1 Å². The number of nitrogens with zero attached hydrogens (tertiary/aromatic N) is 3. The minimum absolute atomic E-state index is 0.214. The number of hydrogen-bond donors (Lipinski definition) is 0. The molecule has 0 aliphatic heterocycles. The van der Waals surface area contributed by atoms with Gasteiger partial charge in [0.1, 0.15) is 18.0 Å². The van der Waals surface area contributed by atoms with E-state index in [9.17, 15) is 4.39 Å². The second kappa shape index (κ2) is 4.93. The van der Waals surface area contributed by atoms with Crippen LogP contribution < -0.4 is 4.90 Å².